The van der Waals surface area contributed by atoms with Gasteiger partial charge in [-0.15, -0.1) is 0 Å². The number of anilines is 2. The molecular weight excluding hydrogens is 445 g/mol. The molecule has 0 saturated carbocycles. The summed E-state index contributed by atoms with van der Waals surface area (Å²) in [7, 11) is 1.55. The maximum atomic E-state index is 13.4. The highest BCUT2D eigenvalue weighted by molar-refractivity contribution is 6.05. The number of hydrogen-bond donors (Lipinski definition) is 1. The molecule has 0 spiro atoms. The van der Waals surface area contributed by atoms with Gasteiger partial charge in [-0.1, -0.05) is 38.1 Å². The molecule has 6 nitrogen and oxygen atoms in total. The summed E-state index contributed by atoms with van der Waals surface area (Å²) < 4.78 is 18.7. The first-order chi connectivity index (χ1) is 16.9. The SMILES string of the molecule is COc1ccc(NC(=O)c2ccc(F)cc2)cc1N1CCCN(Cc2ccc(C(C)C)cc2)C1=O. The standard InChI is InChI=1S/C28H30FN3O3/c1-19(2)21-7-5-20(6-8-21)18-31-15-4-16-32(28(31)34)25-17-24(13-14-26(25)35-3)30-27(33)22-9-11-23(29)12-10-22/h5-14,17,19H,4,15-16,18H2,1-3H3,(H,30,33). The van der Waals surface area contributed by atoms with E-state index in [9.17, 15) is 14.0 Å². The van der Waals surface area contributed by atoms with Crippen LogP contribution in [0.2, 0.25) is 0 Å². The van der Waals surface area contributed by atoms with Gasteiger partial charge in [0.15, 0.2) is 0 Å². The summed E-state index contributed by atoms with van der Waals surface area (Å²) in [5.41, 5.74) is 3.80. The van der Waals surface area contributed by atoms with Crippen LogP contribution in [0.5, 0.6) is 5.75 Å². The topological polar surface area (TPSA) is 61.9 Å². The summed E-state index contributed by atoms with van der Waals surface area (Å²) in [5.74, 6) is 0.232. The molecule has 0 aromatic heterocycles. The Morgan fingerprint density at radius 2 is 1.74 bits per heavy atom. The number of nitrogens with zero attached hydrogens (tertiary/aromatic N) is 2. The first-order valence-corrected chi connectivity index (χ1v) is 11.8. The molecule has 3 aromatic carbocycles. The third-order valence-electron chi connectivity index (χ3n) is 6.16. The molecule has 0 atom stereocenters. The Morgan fingerprint density at radius 3 is 2.40 bits per heavy atom. The van der Waals surface area contributed by atoms with Crippen LogP contribution in [-0.2, 0) is 6.54 Å². The predicted molar refractivity (Wildman–Crippen MR) is 136 cm³/mol. The third-order valence-corrected chi connectivity index (χ3v) is 6.16. The van der Waals surface area contributed by atoms with E-state index in [4.69, 9.17) is 4.74 Å². The lowest BCUT2D eigenvalue weighted by Gasteiger charge is -2.36. The van der Waals surface area contributed by atoms with Gasteiger partial charge in [-0.25, -0.2) is 9.18 Å². The van der Waals surface area contributed by atoms with Crippen molar-refractivity contribution in [2.24, 2.45) is 0 Å². The fourth-order valence-electron chi connectivity index (χ4n) is 4.16. The molecular formula is C28H30FN3O3. The Labute approximate surface area is 205 Å². The van der Waals surface area contributed by atoms with Crippen molar-refractivity contribution in [3.63, 3.8) is 0 Å². The maximum absolute atomic E-state index is 13.4. The van der Waals surface area contributed by atoms with Crippen LogP contribution in [0.25, 0.3) is 0 Å². The molecule has 0 bridgehead atoms. The smallest absolute Gasteiger partial charge is 0.324 e. The van der Waals surface area contributed by atoms with Gasteiger partial charge in [-0.05, 0) is 65.9 Å². The zero-order valence-corrected chi connectivity index (χ0v) is 20.3. The van der Waals surface area contributed by atoms with E-state index in [1.807, 2.05) is 4.90 Å². The van der Waals surface area contributed by atoms with Crippen LogP contribution in [0.1, 0.15) is 47.7 Å². The van der Waals surface area contributed by atoms with Crippen molar-refractivity contribution in [1.29, 1.82) is 0 Å². The largest absolute Gasteiger partial charge is 0.495 e. The van der Waals surface area contributed by atoms with Crippen molar-refractivity contribution >= 4 is 23.3 Å². The minimum atomic E-state index is -0.405. The average Bonchev–Trinajstić information content (AvgIpc) is 2.86. The summed E-state index contributed by atoms with van der Waals surface area (Å²) in [5, 5.41) is 2.82. The second-order valence-electron chi connectivity index (χ2n) is 8.95. The molecule has 0 aliphatic carbocycles. The number of rotatable bonds is 7. The van der Waals surface area contributed by atoms with Gasteiger partial charge in [0.25, 0.3) is 5.91 Å². The van der Waals surface area contributed by atoms with Crippen molar-refractivity contribution in [2.75, 3.05) is 30.4 Å². The number of hydrogen-bond acceptors (Lipinski definition) is 3. The van der Waals surface area contributed by atoms with E-state index in [1.165, 1.54) is 29.8 Å². The van der Waals surface area contributed by atoms with Crippen molar-refractivity contribution in [1.82, 2.24) is 4.90 Å². The Kier molecular flexibility index (Phi) is 7.34. The van der Waals surface area contributed by atoms with E-state index < -0.39 is 5.82 Å². The van der Waals surface area contributed by atoms with Gasteiger partial charge in [-0.2, -0.15) is 0 Å². The molecule has 1 N–H and O–H groups in total. The number of nitrogens with one attached hydrogen (secondary N) is 1. The molecule has 1 saturated heterocycles. The minimum absolute atomic E-state index is 0.107. The van der Waals surface area contributed by atoms with Crippen molar-refractivity contribution < 1.29 is 18.7 Å². The number of benzene rings is 3. The average molecular weight is 476 g/mol. The summed E-state index contributed by atoms with van der Waals surface area (Å²) in [6.45, 7) is 6.06. The lowest BCUT2D eigenvalue weighted by atomic mass is 10.0. The fourth-order valence-corrected chi connectivity index (χ4v) is 4.16. The van der Waals surface area contributed by atoms with Crippen LogP contribution in [0.3, 0.4) is 0 Å². The van der Waals surface area contributed by atoms with Gasteiger partial charge in [0.2, 0.25) is 0 Å². The van der Waals surface area contributed by atoms with E-state index in [-0.39, 0.29) is 11.9 Å². The second kappa shape index (κ2) is 10.6. The minimum Gasteiger partial charge on any atom is -0.495 e. The Hall–Kier alpha value is -3.87. The van der Waals surface area contributed by atoms with Crippen LogP contribution < -0.4 is 15.0 Å². The maximum Gasteiger partial charge on any atom is 0.324 e. The van der Waals surface area contributed by atoms with E-state index in [2.05, 4.69) is 43.4 Å². The van der Waals surface area contributed by atoms with Crippen LogP contribution in [-0.4, -0.2) is 37.0 Å². The highest BCUT2D eigenvalue weighted by Crippen LogP contribution is 2.34. The van der Waals surface area contributed by atoms with Gasteiger partial charge in [-0.3, -0.25) is 9.69 Å². The Balaban J connectivity index is 1.52. The molecule has 4 rings (SSSR count). The molecule has 1 aliphatic heterocycles. The van der Waals surface area contributed by atoms with Crippen molar-refractivity contribution in [2.45, 2.75) is 32.7 Å². The highest BCUT2D eigenvalue weighted by atomic mass is 19.1. The van der Waals surface area contributed by atoms with Crippen LogP contribution >= 0.6 is 0 Å². The number of ether oxygens (including phenoxy) is 1. The number of carbonyl (C=O) groups excluding carboxylic acids is 2. The van der Waals surface area contributed by atoms with Crippen LogP contribution in [0.15, 0.2) is 66.7 Å². The van der Waals surface area contributed by atoms with Gasteiger partial charge in [0.1, 0.15) is 11.6 Å². The summed E-state index contributed by atoms with van der Waals surface area (Å²) in [4.78, 5) is 29.6. The number of methoxy groups -OCH3 is 1. The first kappa shape index (κ1) is 24.3. The monoisotopic (exact) mass is 475 g/mol. The van der Waals surface area contributed by atoms with Gasteiger partial charge < -0.3 is 15.0 Å². The van der Waals surface area contributed by atoms with Crippen molar-refractivity contribution in [3.05, 3.63) is 89.2 Å². The normalized spacial score (nSPS) is 13.8. The molecule has 7 heteroatoms. The van der Waals surface area contributed by atoms with Gasteiger partial charge in [0.05, 0.1) is 12.8 Å². The van der Waals surface area contributed by atoms with E-state index in [0.29, 0.717) is 48.2 Å². The number of halogens is 1. The van der Waals surface area contributed by atoms with E-state index in [1.54, 1.807) is 30.2 Å². The van der Waals surface area contributed by atoms with E-state index >= 15 is 0 Å². The first-order valence-electron chi connectivity index (χ1n) is 11.8. The molecule has 182 valence electrons. The van der Waals surface area contributed by atoms with E-state index in [0.717, 1.165) is 12.0 Å². The quantitative estimate of drug-likeness (QED) is 0.453. The zero-order chi connectivity index (χ0) is 24.9. The third kappa shape index (κ3) is 5.62. The Bertz CT molecular complexity index is 1190. The fraction of sp³-hybridized carbons (Fsp3) is 0.286. The second-order valence-corrected chi connectivity index (χ2v) is 8.95. The zero-order valence-electron chi connectivity index (χ0n) is 20.3. The van der Waals surface area contributed by atoms with Crippen LogP contribution in [0, 0.1) is 5.82 Å². The lowest BCUT2D eigenvalue weighted by Crippen LogP contribution is -2.49. The molecule has 35 heavy (non-hydrogen) atoms. The number of amides is 3. The Morgan fingerprint density at radius 1 is 1.03 bits per heavy atom. The summed E-state index contributed by atoms with van der Waals surface area (Å²) in [6.07, 6.45) is 0.811. The van der Waals surface area contributed by atoms with Gasteiger partial charge in [0, 0.05) is 30.9 Å². The summed E-state index contributed by atoms with van der Waals surface area (Å²) >= 11 is 0. The molecule has 0 radical (unpaired) electrons. The summed E-state index contributed by atoms with van der Waals surface area (Å²) in [6, 6.07) is 18.8. The molecule has 0 unspecified atom stereocenters. The molecule has 1 fully saturated rings. The highest BCUT2D eigenvalue weighted by Gasteiger charge is 2.29. The molecule has 3 aromatic rings. The molecule has 1 heterocycles. The predicted octanol–water partition coefficient (Wildman–Crippen LogP) is 6.04. The lowest BCUT2D eigenvalue weighted by molar-refractivity contribution is 0.102. The number of carbonyl (C=O) groups is 2. The van der Waals surface area contributed by atoms with Crippen molar-refractivity contribution in [3.8, 4) is 5.75 Å². The van der Waals surface area contributed by atoms with Gasteiger partial charge >= 0.3 is 6.03 Å². The molecule has 3 amide bonds. The number of urea groups is 1. The molecule has 1 aliphatic rings. The van der Waals surface area contributed by atoms with Crippen LogP contribution in [0.4, 0.5) is 20.6 Å².